The van der Waals surface area contributed by atoms with Crippen molar-refractivity contribution in [2.45, 2.75) is 57.2 Å². The Morgan fingerprint density at radius 1 is 1.11 bits per heavy atom. The molecule has 11 heteroatoms. The zero-order chi connectivity index (χ0) is 25.8. The van der Waals surface area contributed by atoms with Crippen LogP contribution in [0.1, 0.15) is 54.8 Å². The van der Waals surface area contributed by atoms with E-state index in [-0.39, 0.29) is 29.5 Å². The quantitative estimate of drug-likeness (QED) is 0.496. The van der Waals surface area contributed by atoms with Gasteiger partial charge in [-0.1, -0.05) is 24.4 Å². The molecule has 0 unspecified atom stereocenters. The number of piperidine rings is 1. The van der Waals surface area contributed by atoms with Crippen LogP contribution in [0, 0.1) is 17.6 Å². The molecule has 3 aromatic rings. The molecule has 1 saturated carbocycles. The molecule has 3 heterocycles. The van der Waals surface area contributed by atoms with Gasteiger partial charge in [-0.2, -0.15) is 0 Å². The molecule has 5 rings (SSSR count). The minimum absolute atomic E-state index is 0.00147. The highest BCUT2D eigenvalue weighted by Gasteiger charge is 2.38. The third kappa shape index (κ3) is 5.87. The lowest BCUT2D eigenvalue weighted by Crippen LogP contribution is -2.57. The van der Waals surface area contributed by atoms with Crippen LogP contribution >= 0.6 is 0 Å². The first-order valence-corrected chi connectivity index (χ1v) is 12.6. The summed E-state index contributed by atoms with van der Waals surface area (Å²) in [5.74, 6) is -2.18. The van der Waals surface area contributed by atoms with E-state index in [4.69, 9.17) is 8.94 Å². The van der Waals surface area contributed by atoms with E-state index in [1.165, 1.54) is 37.8 Å². The van der Waals surface area contributed by atoms with Crippen LogP contribution < -0.4 is 10.6 Å². The number of likely N-dealkylation sites (tertiary alicyclic amines) is 1. The summed E-state index contributed by atoms with van der Waals surface area (Å²) >= 11 is 0. The molecule has 2 amide bonds. The van der Waals surface area contributed by atoms with Crippen molar-refractivity contribution in [3.8, 4) is 11.3 Å². The summed E-state index contributed by atoms with van der Waals surface area (Å²) in [5, 5.41) is 9.61. The molecule has 1 aliphatic carbocycles. The van der Waals surface area contributed by atoms with Gasteiger partial charge in [0.25, 0.3) is 5.91 Å². The van der Waals surface area contributed by atoms with E-state index in [2.05, 4.69) is 25.7 Å². The molecule has 1 aromatic carbocycles. The SMILES string of the molecule is O=C(N[C@@H]1CCN(C2CCCCC2)C[C@H]1C(=O)NCc1cnco1)c1cc(-c2ccc(F)cc2F)on1. The highest BCUT2D eigenvalue weighted by atomic mass is 19.1. The highest BCUT2D eigenvalue weighted by molar-refractivity contribution is 5.94. The number of nitrogens with one attached hydrogen (secondary N) is 2. The maximum atomic E-state index is 14.1. The van der Waals surface area contributed by atoms with Gasteiger partial charge in [0.1, 0.15) is 17.4 Å². The number of aromatic nitrogens is 2. The minimum Gasteiger partial charge on any atom is -0.447 e. The Hall–Kier alpha value is -3.60. The van der Waals surface area contributed by atoms with Crippen LogP contribution in [0.4, 0.5) is 8.78 Å². The third-order valence-electron chi connectivity index (χ3n) is 7.25. The molecule has 1 aliphatic heterocycles. The van der Waals surface area contributed by atoms with Crippen LogP contribution in [0.3, 0.4) is 0 Å². The van der Waals surface area contributed by atoms with Gasteiger partial charge in [-0.25, -0.2) is 13.8 Å². The van der Waals surface area contributed by atoms with E-state index in [0.29, 0.717) is 24.8 Å². The summed E-state index contributed by atoms with van der Waals surface area (Å²) in [6.45, 7) is 1.50. The predicted octanol–water partition coefficient (Wildman–Crippen LogP) is 3.68. The van der Waals surface area contributed by atoms with Gasteiger partial charge in [0.2, 0.25) is 5.91 Å². The molecular weight excluding hydrogens is 484 g/mol. The van der Waals surface area contributed by atoms with Crippen molar-refractivity contribution in [3.05, 3.63) is 59.9 Å². The molecule has 196 valence electrons. The molecule has 2 aromatic heterocycles. The molecule has 1 saturated heterocycles. The Balaban J connectivity index is 1.28. The van der Waals surface area contributed by atoms with E-state index in [9.17, 15) is 18.4 Å². The van der Waals surface area contributed by atoms with Gasteiger partial charge in [0, 0.05) is 37.3 Å². The smallest absolute Gasteiger partial charge is 0.273 e. The second kappa shape index (κ2) is 11.2. The summed E-state index contributed by atoms with van der Waals surface area (Å²) in [5.41, 5.74) is -0.0485. The Labute approximate surface area is 212 Å². The lowest BCUT2D eigenvalue weighted by atomic mass is 9.87. The number of oxazole rings is 1. The van der Waals surface area contributed by atoms with Gasteiger partial charge in [0.05, 0.1) is 24.2 Å². The number of halogens is 2. The summed E-state index contributed by atoms with van der Waals surface area (Å²) in [6.07, 6.45) is 9.29. The first-order chi connectivity index (χ1) is 18.0. The molecule has 2 N–H and O–H groups in total. The van der Waals surface area contributed by atoms with Crippen molar-refractivity contribution in [1.82, 2.24) is 25.7 Å². The van der Waals surface area contributed by atoms with Crippen molar-refractivity contribution < 1.29 is 27.3 Å². The van der Waals surface area contributed by atoms with Crippen molar-refractivity contribution in [2.75, 3.05) is 13.1 Å². The monoisotopic (exact) mass is 513 g/mol. The molecule has 0 bridgehead atoms. The zero-order valence-corrected chi connectivity index (χ0v) is 20.3. The topological polar surface area (TPSA) is 114 Å². The fraction of sp³-hybridized carbons (Fsp3) is 0.462. The van der Waals surface area contributed by atoms with Crippen molar-refractivity contribution in [1.29, 1.82) is 0 Å². The average Bonchev–Trinajstić information content (AvgIpc) is 3.61. The number of nitrogens with zero attached hydrogens (tertiary/aromatic N) is 3. The maximum absolute atomic E-state index is 14.1. The molecule has 37 heavy (non-hydrogen) atoms. The van der Waals surface area contributed by atoms with E-state index < -0.39 is 29.5 Å². The summed E-state index contributed by atoms with van der Waals surface area (Å²) < 4.78 is 37.8. The molecule has 0 spiro atoms. The third-order valence-corrected chi connectivity index (χ3v) is 7.25. The Morgan fingerprint density at radius 3 is 2.70 bits per heavy atom. The van der Waals surface area contributed by atoms with Crippen LogP contribution in [0.2, 0.25) is 0 Å². The number of carbonyl (C=O) groups excluding carboxylic acids is 2. The van der Waals surface area contributed by atoms with Crippen molar-refractivity contribution in [2.24, 2.45) is 5.92 Å². The first-order valence-electron chi connectivity index (χ1n) is 12.6. The average molecular weight is 514 g/mol. The zero-order valence-electron chi connectivity index (χ0n) is 20.3. The van der Waals surface area contributed by atoms with Crippen LogP contribution in [0.15, 0.2) is 45.8 Å². The van der Waals surface area contributed by atoms with Crippen LogP contribution in [0.5, 0.6) is 0 Å². The number of hydrogen-bond acceptors (Lipinski definition) is 7. The minimum atomic E-state index is -0.818. The molecule has 0 radical (unpaired) electrons. The fourth-order valence-electron chi connectivity index (χ4n) is 5.27. The molecule has 9 nitrogen and oxygen atoms in total. The Bertz CT molecular complexity index is 1230. The first kappa shape index (κ1) is 25.1. The van der Waals surface area contributed by atoms with Crippen molar-refractivity contribution in [3.63, 3.8) is 0 Å². The van der Waals surface area contributed by atoms with Crippen LogP contribution in [0.25, 0.3) is 11.3 Å². The van der Waals surface area contributed by atoms with Crippen LogP contribution in [-0.2, 0) is 11.3 Å². The lowest BCUT2D eigenvalue weighted by molar-refractivity contribution is -0.128. The molecule has 2 fully saturated rings. The number of rotatable bonds is 7. The van der Waals surface area contributed by atoms with E-state index in [1.807, 2.05) is 0 Å². The highest BCUT2D eigenvalue weighted by Crippen LogP contribution is 2.28. The van der Waals surface area contributed by atoms with Gasteiger partial charge < -0.3 is 19.6 Å². The summed E-state index contributed by atoms with van der Waals surface area (Å²) in [7, 11) is 0. The van der Waals surface area contributed by atoms with Gasteiger partial charge >= 0.3 is 0 Å². The van der Waals surface area contributed by atoms with Crippen molar-refractivity contribution >= 4 is 11.8 Å². The van der Waals surface area contributed by atoms with Gasteiger partial charge in [-0.05, 0) is 31.4 Å². The Kier molecular flexibility index (Phi) is 7.59. The summed E-state index contributed by atoms with van der Waals surface area (Å²) in [4.78, 5) is 32.5. The largest absolute Gasteiger partial charge is 0.447 e. The van der Waals surface area contributed by atoms with E-state index in [0.717, 1.165) is 31.5 Å². The van der Waals surface area contributed by atoms with Gasteiger partial charge in [-0.15, -0.1) is 0 Å². The Morgan fingerprint density at radius 2 is 1.95 bits per heavy atom. The van der Waals surface area contributed by atoms with E-state index in [1.54, 1.807) is 6.20 Å². The molecule has 2 aliphatic rings. The number of benzene rings is 1. The second-order valence-corrected chi connectivity index (χ2v) is 9.65. The van der Waals surface area contributed by atoms with Gasteiger partial charge in [-0.3, -0.25) is 14.5 Å². The molecule has 2 atom stereocenters. The summed E-state index contributed by atoms with van der Waals surface area (Å²) in [6, 6.07) is 4.39. The predicted molar refractivity (Wildman–Crippen MR) is 128 cm³/mol. The maximum Gasteiger partial charge on any atom is 0.273 e. The number of amides is 2. The van der Waals surface area contributed by atoms with E-state index >= 15 is 0 Å². The number of hydrogen-bond donors (Lipinski definition) is 2. The van der Waals surface area contributed by atoms with Crippen LogP contribution in [-0.4, -0.2) is 52.0 Å². The normalized spacial score (nSPS) is 21.0. The lowest BCUT2D eigenvalue weighted by Gasteiger charge is -2.43. The second-order valence-electron chi connectivity index (χ2n) is 9.65. The fourth-order valence-corrected chi connectivity index (χ4v) is 5.27. The van der Waals surface area contributed by atoms with Gasteiger partial charge in [0.15, 0.2) is 17.8 Å². The molecular formula is C26H29F2N5O4. The standard InChI is InChI=1S/C26H29F2N5O4/c27-16-6-7-19(21(28)10-16)24-11-23(32-37-24)26(35)31-22-8-9-33(17-4-2-1-3-5-17)14-20(22)25(34)30-13-18-12-29-15-36-18/h6-7,10-12,15,17,20,22H,1-5,8-9,13-14H2,(H,30,34)(H,31,35)/t20-,22-/m1/s1. The number of carbonyl (C=O) groups is 2.